The number of nitrogens with one attached hydrogen (secondary N) is 2. The summed E-state index contributed by atoms with van der Waals surface area (Å²) in [6, 6.07) is 10.2. The number of ether oxygens (including phenoxy) is 1. The highest BCUT2D eigenvalue weighted by molar-refractivity contribution is 14.0. The number of benzene rings is 1. The second-order valence-corrected chi connectivity index (χ2v) is 6.19. The SMILES string of the molecule is CCOCCCCNC(=NC)NCc1nc(-c2ccccc2)cs1.I. The lowest BCUT2D eigenvalue weighted by Gasteiger charge is -2.10. The van der Waals surface area contributed by atoms with Crippen molar-refractivity contribution in [2.24, 2.45) is 4.99 Å². The average molecular weight is 474 g/mol. The van der Waals surface area contributed by atoms with Crippen LogP contribution in [0.25, 0.3) is 11.3 Å². The molecule has 0 atom stereocenters. The smallest absolute Gasteiger partial charge is 0.191 e. The molecular formula is C18H27IN4OS. The van der Waals surface area contributed by atoms with Crippen molar-refractivity contribution in [2.45, 2.75) is 26.3 Å². The van der Waals surface area contributed by atoms with Gasteiger partial charge in [0.15, 0.2) is 5.96 Å². The van der Waals surface area contributed by atoms with E-state index in [1.54, 1.807) is 18.4 Å². The van der Waals surface area contributed by atoms with Gasteiger partial charge >= 0.3 is 0 Å². The lowest BCUT2D eigenvalue weighted by atomic mass is 10.2. The summed E-state index contributed by atoms with van der Waals surface area (Å²) in [4.78, 5) is 8.92. The first-order chi connectivity index (χ1) is 11.8. The van der Waals surface area contributed by atoms with Crippen LogP contribution in [0.15, 0.2) is 40.7 Å². The van der Waals surface area contributed by atoms with E-state index in [0.717, 1.165) is 54.8 Å². The summed E-state index contributed by atoms with van der Waals surface area (Å²) in [5.74, 6) is 0.808. The number of hydrogen-bond donors (Lipinski definition) is 2. The number of unbranched alkanes of at least 4 members (excludes halogenated alkanes) is 1. The van der Waals surface area contributed by atoms with E-state index in [-0.39, 0.29) is 24.0 Å². The van der Waals surface area contributed by atoms with Gasteiger partial charge < -0.3 is 15.4 Å². The lowest BCUT2D eigenvalue weighted by molar-refractivity contribution is 0.143. The van der Waals surface area contributed by atoms with Crippen molar-refractivity contribution in [1.82, 2.24) is 15.6 Å². The molecule has 1 heterocycles. The summed E-state index contributed by atoms with van der Waals surface area (Å²) in [5.41, 5.74) is 2.17. The second kappa shape index (κ2) is 13.1. The van der Waals surface area contributed by atoms with Gasteiger partial charge in [-0.25, -0.2) is 4.98 Å². The van der Waals surface area contributed by atoms with Gasteiger partial charge in [-0.2, -0.15) is 0 Å². The van der Waals surface area contributed by atoms with Crippen molar-refractivity contribution >= 4 is 41.3 Å². The Morgan fingerprint density at radius 2 is 2.00 bits per heavy atom. The van der Waals surface area contributed by atoms with Gasteiger partial charge in [0.05, 0.1) is 12.2 Å². The molecule has 25 heavy (non-hydrogen) atoms. The van der Waals surface area contributed by atoms with Crippen LogP contribution in [0.5, 0.6) is 0 Å². The van der Waals surface area contributed by atoms with E-state index in [1.165, 1.54) is 0 Å². The third-order valence-electron chi connectivity index (χ3n) is 3.46. The minimum absolute atomic E-state index is 0. The van der Waals surface area contributed by atoms with Crippen molar-refractivity contribution < 1.29 is 4.74 Å². The van der Waals surface area contributed by atoms with E-state index in [9.17, 15) is 0 Å². The number of hydrogen-bond acceptors (Lipinski definition) is 4. The summed E-state index contributed by atoms with van der Waals surface area (Å²) in [7, 11) is 1.78. The summed E-state index contributed by atoms with van der Waals surface area (Å²) >= 11 is 1.66. The van der Waals surface area contributed by atoms with Crippen LogP contribution in [0.4, 0.5) is 0 Å². The summed E-state index contributed by atoms with van der Waals surface area (Å²) < 4.78 is 5.33. The van der Waals surface area contributed by atoms with Crippen LogP contribution in [0.2, 0.25) is 0 Å². The molecule has 0 amide bonds. The molecule has 0 bridgehead atoms. The van der Waals surface area contributed by atoms with Gasteiger partial charge in [0.2, 0.25) is 0 Å². The zero-order valence-electron chi connectivity index (χ0n) is 14.8. The maximum atomic E-state index is 5.33. The molecule has 2 rings (SSSR count). The van der Waals surface area contributed by atoms with Crippen molar-refractivity contribution in [1.29, 1.82) is 0 Å². The molecule has 2 aromatic rings. The van der Waals surface area contributed by atoms with E-state index in [1.807, 2.05) is 25.1 Å². The molecule has 0 radical (unpaired) electrons. The van der Waals surface area contributed by atoms with Crippen molar-refractivity contribution in [2.75, 3.05) is 26.8 Å². The fourth-order valence-electron chi connectivity index (χ4n) is 2.19. The molecule has 0 aliphatic carbocycles. The van der Waals surface area contributed by atoms with Crippen LogP contribution >= 0.6 is 35.3 Å². The lowest BCUT2D eigenvalue weighted by Crippen LogP contribution is -2.37. The molecule has 138 valence electrons. The summed E-state index contributed by atoms with van der Waals surface area (Å²) in [5, 5.41) is 9.77. The molecule has 0 spiro atoms. The number of guanidine groups is 1. The molecule has 0 saturated carbocycles. The largest absolute Gasteiger partial charge is 0.382 e. The van der Waals surface area contributed by atoms with Gasteiger partial charge in [-0.1, -0.05) is 30.3 Å². The van der Waals surface area contributed by atoms with Crippen LogP contribution in [-0.2, 0) is 11.3 Å². The standard InChI is InChI=1S/C18H26N4OS.HI/c1-3-23-12-8-7-11-20-18(19-2)21-13-17-22-16(14-24-17)15-9-5-4-6-10-15;/h4-6,9-10,14H,3,7-8,11-13H2,1-2H3,(H2,19,20,21);1H. The van der Waals surface area contributed by atoms with Crippen LogP contribution in [0, 0.1) is 0 Å². The molecule has 0 saturated heterocycles. The molecule has 1 aromatic carbocycles. The average Bonchev–Trinajstić information content (AvgIpc) is 3.10. The minimum atomic E-state index is 0. The quantitative estimate of drug-likeness (QED) is 0.251. The second-order valence-electron chi connectivity index (χ2n) is 5.25. The normalized spacial score (nSPS) is 11.0. The third kappa shape index (κ3) is 8.15. The van der Waals surface area contributed by atoms with Gasteiger partial charge in [0, 0.05) is 37.7 Å². The van der Waals surface area contributed by atoms with E-state index in [0.29, 0.717) is 6.54 Å². The zero-order chi connectivity index (χ0) is 17.0. The predicted octanol–water partition coefficient (Wildman–Crippen LogP) is 3.91. The topological polar surface area (TPSA) is 58.5 Å². The van der Waals surface area contributed by atoms with Crippen molar-refractivity contribution in [3.63, 3.8) is 0 Å². The van der Waals surface area contributed by atoms with E-state index in [4.69, 9.17) is 4.74 Å². The third-order valence-corrected chi connectivity index (χ3v) is 4.31. The number of nitrogens with zero attached hydrogens (tertiary/aromatic N) is 2. The maximum absolute atomic E-state index is 5.33. The van der Waals surface area contributed by atoms with Gasteiger partial charge in [-0.3, -0.25) is 4.99 Å². The van der Waals surface area contributed by atoms with Crippen molar-refractivity contribution in [3.05, 3.63) is 40.7 Å². The number of thiazole rings is 1. The van der Waals surface area contributed by atoms with Crippen LogP contribution < -0.4 is 10.6 Å². The minimum Gasteiger partial charge on any atom is -0.382 e. The first-order valence-corrected chi connectivity index (χ1v) is 9.23. The highest BCUT2D eigenvalue weighted by Gasteiger charge is 2.05. The maximum Gasteiger partial charge on any atom is 0.191 e. The predicted molar refractivity (Wildman–Crippen MR) is 117 cm³/mol. The fourth-order valence-corrected chi connectivity index (χ4v) is 2.94. The van der Waals surface area contributed by atoms with Crippen molar-refractivity contribution in [3.8, 4) is 11.3 Å². The van der Waals surface area contributed by atoms with Gasteiger partial charge in [0.1, 0.15) is 5.01 Å². The molecule has 0 aliphatic rings. The summed E-state index contributed by atoms with van der Waals surface area (Å²) in [6.07, 6.45) is 2.13. The first kappa shape index (κ1) is 21.9. The van der Waals surface area contributed by atoms with E-state index >= 15 is 0 Å². The Morgan fingerprint density at radius 1 is 1.20 bits per heavy atom. The fraction of sp³-hybridized carbons (Fsp3) is 0.444. The highest BCUT2D eigenvalue weighted by atomic mass is 127. The summed E-state index contributed by atoms with van der Waals surface area (Å²) in [6.45, 7) is 5.20. The molecule has 5 nitrogen and oxygen atoms in total. The number of halogens is 1. The van der Waals surface area contributed by atoms with E-state index < -0.39 is 0 Å². The van der Waals surface area contributed by atoms with Crippen LogP contribution in [-0.4, -0.2) is 37.7 Å². The monoisotopic (exact) mass is 474 g/mol. The Labute approximate surface area is 171 Å². The Kier molecular flexibility index (Phi) is 11.4. The Hall–Kier alpha value is -1.19. The van der Waals surface area contributed by atoms with Gasteiger partial charge in [-0.05, 0) is 19.8 Å². The highest BCUT2D eigenvalue weighted by Crippen LogP contribution is 2.21. The van der Waals surface area contributed by atoms with Gasteiger partial charge in [0.25, 0.3) is 0 Å². The molecule has 2 N–H and O–H groups in total. The van der Waals surface area contributed by atoms with Crippen LogP contribution in [0.1, 0.15) is 24.8 Å². The molecule has 0 fully saturated rings. The molecule has 7 heteroatoms. The molecular weight excluding hydrogens is 447 g/mol. The molecule has 0 aliphatic heterocycles. The molecule has 0 unspecified atom stereocenters. The number of rotatable bonds is 9. The Balaban J connectivity index is 0.00000312. The number of aromatic nitrogens is 1. The zero-order valence-corrected chi connectivity index (χ0v) is 18.0. The Bertz CT molecular complexity index is 619. The van der Waals surface area contributed by atoms with Crippen LogP contribution in [0.3, 0.4) is 0 Å². The Morgan fingerprint density at radius 3 is 2.72 bits per heavy atom. The van der Waals surface area contributed by atoms with Gasteiger partial charge in [-0.15, -0.1) is 35.3 Å². The first-order valence-electron chi connectivity index (χ1n) is 8.35. The number of aliphatic imine (C=N–C) groups is 1. The van der Waals surface area contributed by atoms with E-state index in [2.05, 4.69) is 38.1 Å². The molecule has 1 aromatic heterocycles.